The zero-order valence-corrected chi connectivity index (χ0v) is 10.2. The van der Waals surface area contributed by atoms with Gasteiger partial charge in [0.05, 0.1) is 31.8 Å². The Morgan fingerprint density at radius 1 is 1.56 bits per heavy atom. The fraction of sp³-hybridized carbons (Fsp3) is 0.545. The van der Waals surface area contributed by atoms with Crippen LogP contribution in [0.15, 0.2) is 6.33 Å². The minimum atomic E-state index is -0.605. The molecule has 2 aliphatic heterocycles. The molecule has 2 N–H and O–H groups in total. The normalized spacial score (nSPS) is 29.7. The Labute approximate surface area is 104 Å². The first-order valence-electron chi connectivity index (χ1n) is 5.70. The number of ether oxygens (including phenoxy) is 2. The quantitative estimate of drug-likeness (QED) is 0.743. The number of fused-ring (bicyclic) bond motifs is 2. The van der Waals surface area contributed by atoms with Gasteiger partial charge >= 0.3 is 0 Å². The van der Waals surface area contributed by atoms with Crippen LogP contribution >= 0.6 is 0 Å². The van der Waals surface area contributed by atoms with E-state index >= 15 is 0 Å². The number of nitrogens with one attached hydrogen (secondary N) is 2. The molecule has 2 aliphatic rings. The molecule has 1 aromatic heterocycles. The number of methoxy groups -OCH3 is 1. The van der Waals surface area contributed by atoms with E-state index in [0.717, 1.165) is 0 Å². The summed E-state index contributed by atoms with van der Waals surface area (Å²) in [6, 6.07) is -0.0987. The van der Waals surface area contributed by atoms with Crippen molar-refractivity contribution in [2.75, 3.05) is 31.0 Å². The van der Waals surface area contributed by atoms with Crippen LogP contribution in [0.2, 0.25) is 0 Å². The molecule has 1 amide bonds. The van der Waals surface area contributed by atoms with E-state index in [1.165, 1.54) is 13.4 Å². The van der Waals surface area contributed by atoms with E-state index in [2.05, 4.69) is 20.6 Å². The molecule has 96 valence electrons. The molecule has 7 nitrogen and oxygen atoms in total. The summed E-state index contributed by atoms with van der Waals surface area (Å²) in [5, 5.41) is 6.05. The summed E-state index contributed by atoms with van der Waals surface area (Å²) < 4.78 is 10.5. The van der Waals surface area contributed by atoms with Gasteiger partial charge in [0.1, 0.15) is 12.0 Å². The van der Waals surface area contributed by atoms with Gasteiger partial charge in [-0.05, 0) is 6.92 Å². The number of rotatable bonds is 1. The Balaban J connectivity index is 2.08. The van der Waals surface area contributed by atoms with Gasteiger partial charge in [0.2, 0.25) is 11.8 Å². The van der Waals surface area contributed by atoms with Gasteiger partial charge in [0, 0.05) is 0 Å². The van der Waals surface area contributed by atoms with Gasteiger partial charge in [-0.3, -0.25) is 4.79 Å². The lowest BCUT2D eigenvalue weighted by atomic mass is 9.84. The molecule has 2 atom stereocenters. The highest BCUT2D eigenvalue weighted by Crippen LogP contribution is 2.39. The molecule has 3 rings (SSSR count). The molecule has 1 aromatic rings. The van der Waals surface area contributed by atoms with E-state index in [4.69, 9.17) is 9.47 Å². The second kappa shape index (κ2) is 3.81. The van der Waals surface area contributed by atoms with Gasteiger partial charge < -0.3 is 20.1 Å². The topological polar surface area (TPSA) is 85.4 Å². The zero-order valence-electron chi connectivity index (χ0n) is 10.2. The summed E-state index contributed by atoms with van der Waals surface area (Å²) in [7, 11) is 1.51. The van der Waals surface area contributed by atoms with Crippen LogP contribution in [-0.4, -0.2) is 42.2 Å². The monoisotopic (exact) mass is 250 g/mol. The molecule has 1 saturated heterocycles. The van der Waals surface area contributed by atoms with Crippen molar-refractivity contribution in [2.24, 2.45) is 5.41 Å². The number of hydrogen-bond donors (Lipinski definition) is 2. The fourth-order valence-corrected chi connectivity index (χ4v) is 2.27. The SMILES string of the molecule is COc1ncnc2c1NC(=O)C1(C)COCC1N2. The molecule has 2 unspecified atom stereocenters. The van der Waals surface area contributed by atoms with Gasteiger partial charge in [-0.2, -0.15) is 4.98 Å². The number of amides is 1. The fourth-order valence-electron chi connectivity index (χ4n) is 2.27. The number of anilines is 2. The summed E-state index contributed by atoms with van der Waals surface area (Å²) in [4.78, 5) is 20.4. The van der Waals surface area contributed by atoms with Crippen LogP contribution in [0, 0.1) is 5.41 Å². The van der Waals surface area contributed by atoms with E-state index in [-0.39, 0.29) is 11.9 Å². The second-order valence-corrected chi connectivity index (χ2v) is 4.69. The van der Waals surface area contributed by atoms with Crippen LogP contribution in [-0.2, 0) is 9.53 Å². The molecular weight excluding hydrogens is 236 g/mol. The van der Waals surface area contributed by atoms with E-state index in [0.29, 0.717) is 30.6 Å². The molecule has 0 radical (unpaired) electrons. The number of aromatic nitrogens is 2. The Morgan fingerprint density at radius 3 is 3.17 bits per heavy atom. The average molecular weight is 250 g/mol. The first-order valence-corrected chi connectivity index (χ1v) is 5.70. The number of carbonyl (C=O) groups excluding carboxylic acids is 1. The average Bonchev–Trinajstić information content (AvgIpc) is 2.69. The largest absolute Gasteiger partial charge is 0.479 e. The minimum absolute atomic E-state index is 0.0987. The summed E-state index contributed by atoms with van der Waals surface area (Å²) in [6.07, 6.45) is 1.40. The van der Waals surface area contributed by atoms with Gasteiger partial charge in [-0.25, -0.2) is 4.98 Å². The van der Waals surface area contributed by atoms with Crippen molar-refractivity contribution in [3.63, 3.8) is 0 Å². The van der Waals surface area contributed by atoms with Crippen molar-refractivity contribution in [3.8, 4) is 5.88 Å². The van der Waals surface area contributed by atoms with Gasteiger partial charge in [-0.1, -0.05) is 0 Å². The number of carbonyl (C=O) groups is 1. The second-order valence-electron chi connectivity index (χ2n) is 4.69. The van der Waals surface area contributed by atoms with E-state index in [9.17, 15) is 4.79 Å². The summed E-state index contributed by atoms with van der Waals surface area (Å²) in [6.45, 7) is 2.74. The lowest BCUT2D eigenvalue weighted by molar-refractivity contribution is -0.124. The third-order valence-electron chi connectivity index (χ3n) is 3.53. The lowest BCUT2D eigenvalue weighted by Crippen LogP contribution is -2.44. The molecule has 0 bridgehead atoms. The van der Waals surface area contributed by atoms with Crippen LogP contribution in [0.4, 0.5) is 11.5 Å². The Kier molecular flexibility index (Phi) is 2.37. The summed E-state index contributed by atoms with van der Waals surface area (Å²) in [5.74, 6) is 0.809. The van der Waals surface area contributed by atoms with Gasteiger partial charge in [-0.15, -0.1) is 0 Å². The molecule has 0 saturated carbocycles. The lowest BCUT2D eigenvalue weighted by Gasteiger charge is -2.25. The Bertz CT molecular complexity index is 507. The zero-order chi connectivity index (χ0) is 12.8. The maximum Gasteiger partial charge on any atom is 0.242 e. The number of nitrogens with zero attached hydrogens (tertiary/aromatic N) is 2. The van der Waals surface area contributed by atoms with Crippen LogP contribution in [0.1, 0.15) is 6.92 Å². The third-order valence-corrected chi connectivity index (χ3v) is 3.53. The van der Waals surface area contributed by atoms with Crippen LogP contribution in [0.3, 0.4) is 0 Å². The maximum atomic E-state index is 12.3. The van der Waals surface area contributed by atoms with Crippen molar-refractivity contribution in [3.05, 3.63) is 6.33 Å². The third kappa shape index (κ3) is 1.43. The first kappa shape index (κ1) is 11.2. The van der Waals surface area contributed by atoms with Crippen LogP contribution in [0.25, 0.3) is 0 Å². The highest BCUT2D eigenvalue weighted by molar-refractivity contribution is 6.01. The molecule has 0 aromatic carbocycles. The Hall–Kier alpha value is -1.89. The predicted molar refractivity (Wildman–Crippen MR) is 63.6 cm³/mol. The van der Waals surface area contributed by atoms with Crippen LogP contribution in [0.5, 0.6) is 5.88 Å². The van der Waals surface area contributed by atoms with Crippen molar-refractivity contribution < 1.29 is 14.3 Å². The van der Waals surface area contributed by atoms with Crippen molar-refractivity contribution in [2.45, 2.75) is 13.0 Å². The highest BCUT2D eigenvalue weighted by atomic mass is 16.5. The highest BCUT2D eigenvalue weighted by Gasteiger charge is 2.49. The molecular formula is C11H14N4O3. The molecule has 3 heterocycles. The molecule has 0 spiro atoms. The van der Waals surface area contributed by atoms with Gasteiger partial charge in [0.25, 0.3) is 0 Å². The first-order chi connectivity index (χ1) is 8.65. The van der Waals surface area contributed by atoms with Crippen molar-refractivity contribution in [1.29, 1.82) is 0 Å². The Morgan fingerprint density at radius 2 is 2.39 bits per heavy atom. The molecule has 18 heavy (non-hydrogen) atoms. The summed E-state index contributed by atoms with van der Waals surface area (Å²) >= 11 is 0. The summed E-state index contributed by atoms with van der Waals surface area (Å²) in [5.41, 5.74) is -0.119. The molecule has 1 fully saturated rings. The number of hydrogen-bond acceptors (Lipinski definition) is 6. The van der Waals surface area contributed by atoms with Crippen LogP contribution < -0.4 is 15.4 Å². The molecule has 0 aliphatic carbocycles. The van der Waals surface area contributed by atoms with E-state index in [1.807, 2.05) is 6.92 Å². The van der Waals surface area contributed by atoms with E-state index < -0.39 is 5.41 Å². The van der Waals surface area contributed by atoms with Crippen molar-refractivity contribution in [1.82, 2.24) is 9.97 Å². The van der Waals surface area contributed by atoms with Gasteiger partial charge in [0.15, 0.2) is 5.82 Å². The predicted octanol–water partition coefficient (Wildman–Crippen LogP) is 0.254. The standard InChI is InChI=1S/C11H14N4O3/c1-11-4-18-3-6(11)14-8-7(15-10(11)16)9(17-2)13-5-12-8/h5-6H,3-4H2,1-2H3,(H,15,16)(H,12,13,14). The molecule has 7 heteroatoms. The maximum absolute atomic E-state index is 12.3. The minimum Gasteiger partial charge on any atom is -0.479 e. The van der Waals surface area contributed by atoms with Crippen molar-refractivity contribution >= 4 is 17.4 Å². The van der Waals surface area contributed by atoms with E-state index in [1.54, 1.807) is 0 Å². The smallest absolute Gasteiger partial charge is 0.242 e.